The molecule has 15 nitrogen and oxygen atoms in total. The molecule has 7 bridgehead atoms. The average molecular weight is 755 g/mol. The highest BCUT2D eigenvalue weighted by atomic mass is 16.6. The number of para-hydroxylation sites is 1. The number of piperidine rings is 1. The van der Waals surface area contributed by atoms with Crippen molar-refractivity contribution in [3.8, 4) is 0 Å². The third kappa shape index (κ3) is 4.25. The van der Waals surface area contributed by atoms with Gasteiger partial charge in [-0.15, -0.1) is 0 Å². The van der Waals surface area contributed by atoms with E-state index >= 15 is 0 Å². The third-order valence-electron chi connectivity index (χ3n) is 14.8. The summed E-state index contributed by atoms with van der Waals surface area (Å²) in [5.74, 6) is -4.32. The molecule has 1 aromatic rings. The number of fused-ring (bicyclic) bond motifs is 2. The van der Waals surface area contributed by atoms with Crippen molar-refractivity contribution >= 4 is 35.9 Å². The quantitative estimate of drug-likeness (QED) is 0.195. The molecule has 0 aromatic heterocycles. The van der Waals surface area contributed by atoms with Crippen LogP contribution in [0, 0.1) is 40.4 Å². The maximum Gasteiger partial charge on any atom is 0.340 e. The van der Waals surface area contributed by atoms with Crippen molar-refractivity contribution in [1.29, 1.82) is 0 Å². The number of aliphatic hydroxyl groups is 1. The summed E-state index contributed by atoms with van der Waals surface area (Å²) in [4.78, 5) is 69.1. The minimum absolute atomic E-state index is 0.0408. The molecule has 2 aliphatic heterocycles. The molecule has 0 radical (unpaired) electrons. The monoisotopic (exact) mass is 754 g/mol. The van der Waals surface area contributed by atoms with Gasteiger partial charge in [-0.25, -0.2) is 9.69 Å². The van der Waals surface area contributed by atoms with Gasteiger partial charge < -0.3 is 43.2 Å². The topological polar surface area (TPSA) is 177 Å². The molecule has 54 heavy (non-hydrogen) atoms. The van der Waals surface area contributed by atoms with Crippen LogP contribution in [0.1, 0.15) is 49.9 Å². The highest BCUT2D eigenvalue weighted by molar-refractivity contribution is 6.22. The zero-order valence-electron chi connectivity index (χ0n) is 31.7. The van der Waals surface area contributed by atoms with Gasteiger partial charge in [-0.3, -0.25) is 19.2 Å². The van der Waals surface area contributed by atoms with Gasteiger partial charge in [-0.2, -0.15) is 0 Å². The lowest BCUT2D eigenvalue weighted by atomic mass is 9.42. The first-order valence-corrected chi connectivity index (χ1v) is 18.7. The number of carbonyl (C=O) groups is 5. The lowest BCUT2D eigenvalue weighted by Crippen LogP contribution is -2.85. The lowest BCUT2D eigenvalue weighted by Gasteiger charge is -2.70. The smallest absolute Gasteiger partial charge is 0.340 e. The Morgan fingerprint density at radius 1 is 1.00 bits per heavy atom. The molecule has 7 aliphatic rings. The molecule has 2 heterocycles. The molecule has 7 fully saturated rings. The number of anilines is 1. The van der Waals surface area contributed by atoms with Crippen LogP contribution >= 0.6 is 0 Å². The van der Waals surface area contributed by atoms with Crippen LogP contribution in [0.25, 0.3) is 0 Å². The number of nitrogens with zero attached hydrogens (tertiary/aromatic N) is 2. The van der Waals surface area contributed by atoms with Crippen LogP contribution in [0.4, 0.5) is 5.69 Å². The average Bonchev–Trinajstić information content (AvgIpc) is 3.68. The van der Waals surface area contributed by atoms with Gasteiger partial charge in [0.15, 0.2) is 6.10 Å². The molecule has 5 saturated carbocycles. The van der Waals surface area contributed by atoms with E-state index in [0.717, 1.165) is 11.3 Å². The fourth-order valence-corrected chi connectivity index (χ4v) is 13.6. The first-order chi connectivity index (χ1) is 25.8. The van der Waals surface area contributed by atoms with Crippen LogP contribution in [-0.4, -0.2) is 137 Å². The molecule has 294 valence electrons. The van der Waals surface area contributed by atoms with Crippen LogP contribution in [0.15, 0.2) is 24.3 Å². The number of rotatable bonds is 11. The second-order valence-electron chi connectivity index (χ2n) is 16.5. The van der Waals surface area contributed by atoms with E-state index in [2.05, 4.69) is 0 Å². The molecule has 1 aromatic carbocycles. The first-order valence-electron chi connectivity index (χ1n) is 18.7. The van der Waals surface area contributed by atoms with Crippen molar-refractivity contribution in [2.45, 2.75) is 87.3 Å². The molecule has 5 unspecified atom stereocenters. The van der Waals surface area contributed by atoms with Crippen molar-refractivity contribution in [2.24, 2.45) is 40.4 Å². The molecule has 3 amide bonds. The first kappa shape index (κ1) is 37.5. The number of hydrogen-bond acceptors (Lipinski definition) is 13. The Morgan fingerprint density at radius 3 is 2.31 bits per heavy atom. The Kier molecular flexibility index (Phi) is 8.87. The normalized spacial score (nSPS) is 45.4. The van der Waals surface area contributed by atoms with E-state index in [1.807, 2.05) is 0 Å². The zero-order chi connectivity index (χ0) is 38.7. The van der Waals surface area contributed by atoms with E-state index < -0.39 is 100 Å². The molecule has 15 atom stereocenters. The molecule has 15 heteroatoms. The van der Waals surface area contributed by atoms with Gasteiger partial charge in [0.1, 0.15) is 17.3 Å². The van der Waals surface area contributed by atoms with E-state index in [1.165, 1.54) is 34.3 Å². The fourth-order valence-electron chi connectivity index (χ4n) is 13.6. The van der Waals surface area contributed by atoms with Gasteiger partial charge in [0.05, 0.1) is 42.2 Å². The molecule has 1 spiro atoms. The van der Waals surface area contributed by atoms with Crippen LogP contribution in [-0.2, 0) is 52.3 Å². The van der Waals surface area contributed by atoms with Crippen molar-refractivity contribution in [1.82, 2.24) is 4.90 Å². The van der Waals surface area contributed by atoms with Gasteiger partial charge in [0.25, 0.3) is 0 Å². The highest BCUT2D eigenvalue weighted by Crippen LogP contribution is 2.81. The number of imide groups is 1. The molecule has 1 N–H and O–H groups in total. The summed E-state index contributed by atoms with van der Waals surface area (Å²) in [6.07, 6.45) is -1.56. The molecule has 2 saturated heterocycles. The zero-order valence-corrected chi connectivity index (χ0v) is 31.7. The van der Waals surface area contributed by atoms with Gasteiger partial charge in [0.2, 0.25) is 18.2 Å². The number of esters is 2. The number of ether oxygens (including phenoxy) is 7. The van der Waals surface area contributed by atoms with Crippen molar-refractivity contribution in [3.05, 3.63) is 29.8 Å². The minimum atomic E-state index is -2.02. The van der Waals surface area contributed by atoms with Gasteiger partial charge >= 0.3 is 11.9 Å². The number of carbonyl (C=O) groups excluding carboxylic acids is 5. The Labute approximate surface area is 313 Å². The summed E-state index contributed by atoms with van der Waals surface area (Å²) in [6.45, 7) is 2.92. The maximum atomic E-state index is 14.2. The Balaban J connectivity index is 1.28. The Hall–Kier alpha value is -3.47. The van der Waals surface area contributed by atoms with E-state index in [1.54, 1.807) is 44.2 Å². The summed E-state index contributed by atoms with van der Waals surface area (Å²) in [5.41, 5.74) is -5.40. The van der Waals surface area contributed by atoms with E-state index in [4.69, 9.17) is 33.2 Å². The van der Waals surface area contributed by atoms with E-state index in [0.29, 0.717) is 19.3 Å². The molecule has 8 rings (SSSR count). The van der Waals surface area contributed by atoms with Crippen LogP contribution in [0.2, 0.25) is 0 Å². The highest BCUT2D eigenvalue weighted by Gasteiger charge is 2.94. The maximum absolute atomic E-state index is 14.2. The Morgan fingerprint density at radius 2 is 1.72 bits per heavy atom. The second kappa shape index (κ2) is 12.8. The number of methoxy groups -OCH3 is 5. The summed E-state index contributed by atoms with van der Waals surface area (Å²) in [5, 5.41) is 13.9. The number of benzene rings is 1. The standard InChI is InChI=1S/C39H50N2O13/c1-19-14-26(44)41(33(19)45)24-11-9-8-10-21(24)34(46)53-17-36-13-12-25(48-3)37-23-15-22-28(49-4)27(23)39(52-7,31(29(22)50-5)54-20(2)43)38(47,32(51-6)30(36)37)35(37)40(16-36)18-42/h8-11,18-19,22-23,25,27-32,35,47H,12-17H2,1-7H3/t19?,22-,23?,25-,27?,28-,29+,30?,31+,32-,35?,36-,37-,38-,39-/m0/s1. The van der Waals surface area contributed by atoms with Gasteiger partial charge in [-0.05, 0) is 37.3 Å². The second-order valence-corrected chi connectivity index (χ2v) is 16.5. The minimum Gasteiger partial charge on any atom is -0.461 e. The van der Waals surface area contributed by atoms with E-state index in [-0.39, 0.29) is 42.7 Å². The van der Waals surface area contributed by atoms with Gasteiger partial charge in [-0.1, -0.05) is 19.1 Å². The Bertz CT molecular complexity index is 1760. The SMILES string of the molecule is CO[C@@H]1[C@H]2CC3C([C@H]2OC)[C@](OC)([C@@H]1OC(C)=O)[C@@]1(O)C2N(C=O)C[C@]4(COC(=O)c5ccccc5N5C(=O)CC(C)C5=O)CC[C@H](OC)[C@]32C4[C@@H]1OC. The van der Waals surface area contributed by atoms with Gasteiger partial charge in [0, 0.05) is 89.9 Å². The van der Waals surface area contributed by atoms with Crippen molar-refractivity contribution < 1.29 is 62.2 Å². The number of amides is 3. The number of hydrogen-bond donors (Lipinski definition) is 1. The fraction of sp³-hybridized carbons (Fsp3) is 0.718. The van der Waals surface area contributed by atoms with Crippen LogP contribution in [0.5, 0.6) is 0 Å². The van der Waals surface area contributed by atoms with Crippen LogP contribution < -0.4 is 4.90 Å². The van der Waals surface area contributed by atoms with Crippen molar-refractivity contribution in [2.75, 3.05) is 53.6 Å². The molecular weight excluding hydrogens is 704 g/mol. The summed E-state index contributed by atoms with van der Waals surface area (Å²) in [7, 11) is 7.78. The lowest BCUT2D eigenvalue weighted by molar-refractivity contribution is -0.350. The summed E-state index contributed by atoms with van der Waals surface area (Å²) >= 11 is 0. The predicted molar refractivity (Wildman–Crippen MR) is 186 cm³/mol. The summed E-state index contributed by atoms with van der Waals surface area (Å²) < 4.78 is 44.3. The van der Waals surface area contributed by atoms with Crippen molar-refractivity contribution in [3.63, 3.8) is 0 Å². The largest absolute Gasteiger partial charge is 0.461 e. The molecule has 5 aliphatic carbocycles. The summed E-state index contributed by atoms with van der Waals surface area (Å²) in [6, 6.07) is 5.44. The number of likely N-dealkylation sites (tertiary alicyclic amines) is 1. The molecular formula is C39H50N2O13. The third-order valence-corrected chi connectivity index (χ3v) is 14.8. The van der Waals surface area contributed by atoms with E-state index in [9.17, 15) is 29.1 Å². The predicted octanol–water partition coefficient (Wildman–Crippen LogP) is 1.37. The van der Waals surface area contributed by atoms with Crippen LogP contribution in [0.3, 0.4) is 0 Å².